The van der Waals surface area contributed by atoms with Gasteiger partial charge in [-0.15, -0.1) is 0 Å². The van der Waals surface area contributed by atoms with Gasteiger partial charge in [0.1, 0.15) is 17.3 Å². The molecule has 2 aliphatic heterocycles. The van der Waals surface area contributed by atoms with Crippen molar-refractivity contribution in [1.29, 1.82) is 0 Å². The van der Waals surface area contributed by atoms with Crippen molar-refractivity contribution in [1.82, 2.24) is 9.13 Å². The van der Waals surface area contributed by atoms with E-state index in [-0.39, 0.29) is 0 Å². The standard InChI is InChI=1S/C44H32N4O3/c1-44(2)50-41-35-18-6-4-15-31(35)32-16-5-7-19-36(32)42(45-43(41)51-44)48-37-20-9-8-17-33(37)34-24-23-30(26-40(34)48)49-29-14-12-13-28(25-29)47-27-46(3)38-21-10-11-22-39(38)47/h4-26H,1-3H3/b32-31?,41-35?,42-36?,45-42+,45-43?. The Morgan fingerprint density at radius 3 is 2.14 bits per heavy atom. The number of hydrogen-bond acceptors (Lipinski definition) is 4. The number of aryl methyl sites for hydroxylation is 1. The van der Waals surface area contributed by atoms with Crippen LogP contribution in [0.4, 0.5) is 0 Å². The molecule has 0 unspecified atom stereocenters. The SMILES string of the molecule is Cn1[c-][n+](-c2cccc(Oc3ccc4c5ccccc5n(/C5=N/C6=C(OC(C)(C)O6)c6ccccc6-c6ccccc65)c4c3)c2)c2ccccc21. The van der Waals surface area contributed by atoms with Gasteiger partial charge in [0.05, 0.1) is 34.8 Å². The number of fused-ring (bicyclic) bond motifs is 8. The maximum Gasteiger partial charge on any atom is 0.263 e. The molecule has 7 heteroatoms. The summed E-state index contributed by atoms with van der Waals surface area (Å²) in [6.07, 6.45) is 3.43. The molecule has 0 fully saturated rings. The molecule has 10 rings (SSSR count). The van der Waals surface area contributed by atoms with Crippen LogP contribution in [0.5, 0.6) is 11.5 Å². The van der Waals surface area contributed by atoms with Crippen molar-refractivity contribution in [3.8, 4) is 28.3 Å². The van der Waals surface area contributed by atoms with Gasteiger partial charge in [0, 0.05) is 41.8 Å². The lowest BCUT2D eigenvalue weighted by Crippen LogP contribution is -2.29. The van der Waals surface area contributed by atoms with Crippen molar-refractivity contribution in [2.24, 2.45) is 12.0 Å². The Hall–Kier alpha value is -6.60. The third-order valence-electron chi connectivity index (χ3n) is 9.62. The summed E-state index contributed by atoms with van der Waals surface area (Å²) in [6.45, 7) is 3.83. The van der Waals surface area contributed by atoms with Crippen molar-refractivity contribution in [2.75, 3.05) is 0 Å². The van der Waals surface area contributed by atoms with E-state index in [1.54, 1.807) is 0 Å². The smallest absolute Gasteiger partial charge is 0.263 e. The van der Waals surface area contributed by atoms with E-state index in [1.165, 1.54) is 0 Å². The van der Waals surface area contributed by atoms with Crippen LogP contribution in [-0.2, 0) is 16.5 Å². The molecule has 2 aliphatic rings. The predicted molar refractivity (Wildman–Crippen MR) is 200 cm³/mol. The average Bonchev–Trinajstić information content (AvgIpc) is 3.77. The topological polar surface area (TPSA) is 53.8 Å². The van der Waals surface area contributed by atoms with Crippen LogP contribution in [-0.4, -0.2) is 20.8 Å². The molecule has 0 radical (unpaired) electrons. The van der Waals surface area contributed by atoms with Crippen LogP contribution in [0.1, 0.15) is 25.0 Å². The molecule has 0 saturated carbocycles. The summed E-state index contributed by atoms with van der Waals surface area (Å²) in [7, 11) is 2.01. The first-order valence-corrected chi connectivity index (χ1v) is 17.0. The summed E-state index contributed by atoms with van der Waals surface area (Å²) in [5, 5.41) is 2.21. The Balaban J connectivity index is 1.16. The summed E-state index contributed by atoms with van der Waals surface area (Å²) in [4.78, 5) is 5.32. The summed E-state index contributed by atoms with van der Waals surface area (Å²) in [5.41, 5.74) is 9.18. The molecule has 0 bridgehead atoms. The molecule has 0 spiro atoms. The van der Waals surface area contributed by atoms with E-state index >= 15 is 0 Å². The van der Waals surface area contributed by atoms with E-state index in [1.807, 2.05) is 67.9 Å². The van der Waals surface area contributed by atoms with Crippen LogP contribution in [0.2, 0.25) is 0 Å². The second-order valence-corrected chi connectivity index (χ2v) is 13.4. The molecule has 8 aromatic rings. The third-order valence-corrected chi connectivity index (χ3v) is 9.62. The Bertz CT molecular complexity index is 2780. The number of para-hydroxylation sites is 3. The Morgan fingerprint density at radius 2 is 1.29 bits per heavy atom. The number of nitrogens with zero attached hydrogens (tertiary/aromatic N) is 4. The van der Waals surface area contributed by atoms with Crippen molar-refractivity contribution in [3.63, 3.8) is 0 Å². The largest absolute Gasteiger partial charge is 0.458 e. The van der Waals surface area contributed by atoms with Crippen LogP contribution in [0, 0.1) is 6.33 Å². The van der Waals surface area contributed by atoms with E-state index in [0.29, 0.717) is 17.4 Å². The first-order valence-electron chi connectivity index (χ1n) is 17.0. The van der Waals surface area contributed by atoms with Crippen molar-refractivity contribution in [2.45, 2.75) is 19.6 Å². The molecule has 0 amide bonds. The summed E-state index contributed by atoms with van der Waals surface area (Å²) in [6, 6.07) is 47.8. The Morgan fingerprint density at radius 1 is 0.627 bits per heavy atom. The molecule has 0 N–H and O–H groups in total. The van der Waals surface area contributed by atoms with Crippen molar-refractivity contribution in [3.05, 3.63) is 163 Å². The van der Waals surface area contributed by atoms with Crippen LogP contribution in [0.15, 0.2) is 150 Å². The van der Waals surface area contributed by atoms with Gasteiger partial charge in [-0.2, -0.15) is 4.99 Å². The van der Waals surface area contributed by atoms with Crippen LogP contribution in [0.25, 0.3) is 55.4 Å². The lowest BCUT2D eigenvalue weighted by Gasteiger charge is -2.20. The van der Waals surface area contributed by atoms with Crippen LogP contribution >= 0.6 is 0 Å². The molecule has 0 atom stereocenters. The first kappa shape index (κ1) is 29.3. The number of ether oxygens (including phenoxy) is 3. The third kappa shape index (κ3) is 4.66. The van der Waals surface area contributed by atoms with E-state index in [4.69, 9.17) is 19.2 Å². The maximum absolute atomic E-state index is 6.62. The summed E-state index contributed by atoms with van der Waals surface area (Å²) in [5.74, 6) is 2.39. The fourth-order valence-corrected chi connectivity index (χ4v) is 7.44. The highest BCUT2D eigenvalue weighted by molar-refractivity contribution is 6.20. The molecule has 2 aromatic heterocycles. The first-order chi connectivity index (χ1) is 24.9. The molecule has 51 heavy (non-hydrogen) atoms. The maximum atomic E-state index is 6.62. The predicted octanol–water partition coefficient (Wildman–Crippen LogP) is 9.54. The number of rotatable bonds is 3. The zero-order valence-electron chi connectivity index (χ0n) is 28.3. The number of benzene rings is 6. The minimum absolute atomic E-state index is 0.454. The average molecular weight is 665 g/mol. The summed E-state index contributed by atoms with van der Waals surface area (Å²) >= 11 is 0. The fourth-order valence-electron chi connectivity index (χ4n) is 7.44. The van der Waals surface area contributed by atoms with Crippen molar-refractivity contribution >= 4 is 44.4 Å². The van der Waals surface area contributed by atoms with Gasteiger partial charge in [0.15, 0.2) is 5.76 Å². The zero-order chi connectivity index (χ0) is 34.3. The minimum Gasteiger partial charge on any atom is -0.458 e. The minimum atomic E-state index is -0.874. The quantitative estimate of drug-likeness (QED) is 0.140. The number of hydrogen-bond donors (Lipinski definition) is 0. The second kappa shape index (κ2) is 11.0. The van der Waals surface area contributed by atoms with Gasteiger partial charge in [0.25, 0.3) is 5.88 Å². The molecule has 0 saturated heterocycles. The van der Waals surface area contributed by atoms with E-state index in [0.717, 1.165) is 72.4 Å². The van der Waals surface area contributed by atoms with Crippen LogP contribution in [0.3, 0.4) is 0 Å². The lowest BCUT2D eigenvalue weighted by atomic mass is 9.93. The van der Waals surface area contributed by atoms with Crippen LogP contribution < -0.4 is 9.30 Å². The van der Waals surface area contributed by atoms with Gasteiger partial charge in [0.2, 0.25) is 12.1 Å². The normalized spacial score (nSPS) is 15.7. The fraction of sp³-hybridized carbons (Fsp3) is 0.0909. The van der Waals surface area contributed by atoms with Gasteiger partial charge >= 0.3 is 0 Å². The molecule has 0 aliphatic carbocycles. The van der Waals surface area contributed by atoms with E-state index in [9.17, 15) is 0 Å². The van der Waals surface area contributed by atoms with Gasteiger partial charge in [-0.05, 0) is 41.5 Å². The van der Waals surface area contributed by atoms with E-state index in [2.05, 4.69) is 113 Å². The number of imidazole rings is 1. The molecule has 4 heterocycles. The zero-order valence-corrected chi connectivity index (χ0v) is 28.3. The monoisotopic (exact) mass is 664 g/mol. The molecule has 246 valence electrons. The van der Waals surface area contributed by atoms with Gasteiger partial charge in [-0.25, -0.2) is 0 Å². The highest BCUT2D eigenvalue weighted by Gasteiger charge is 2.38. The molecular formula is C44H32N4O3. The molecule has 6 aromatic carbocycles. The highest BCUT2D eigenvalue weighted by atomic mass is 16.7. The highest BCUT2D eigenvalue weighted by Crippen LogP contribution is 2.44. The van der Waals surface area contributed by atoms with Gasteiger partial charge < -0.3 is 23.3 Å². The van der Waals surface area contributed by atoms with Gasteiger partial charge in [-0.1, -0.05) is 103 Å². The lowest BCUT2D eigenvalue weighted by molar-refractivity contribution is -0.572. The summed E-state index contributed by atoms with van der Waals surface area (Å²) < 4.78 is 25.8. The number of aromatic nitrogens is 3. The molecular weight excluding hydrogens is 633 g/mol. The Kier molecular flexibility index (Phi) is 6.30. The van der Waals surface area contributed by atoms with Gasteiger partial charge in [-0.3, -0.25) is 4.57 Å². The second-order valence-electron chi connectivity index (χ2n) is 13.4. The number of aliphatic imine (C=N–C) groups is 1. The molecule has 7 nitrogen and oxygen atoms in total. The van der Waals surface area contributed by atoms with E-state index < -0.39 is 5.79 Å². The van der Waals surface area contributed by atoms with Crippen molar-refractivity contribution < 1.29 is 18.8 Å². The Labute approximate surface area is 294 Å².